The molecule has 0 spiro atoms. The fraction of sp³-hybridized carbons (Fsp3) is 0.333. The maximum absolute atomic E-state index is 11.8. The summed E-state index contributed by atoms with van der Waals surface area (Å²) in [6.07, 6.45) is -0.776. The number of nitrogens with zero attached hydrogens (tertiary/aromatic N) is 1. The number of hydrogen-bond donors (Lipinski definition) is 2. The van der Waals surface area contributed by atoms with Crippen LogP contribution in [0.3, 0.4) is 0 Å². The van der Waals surface area contributed by atoms with Crippen LogP contribution in [0.25, 0.3) is 0 Å². The lowest BCUT2D eigenvalue weighted by molar-refractivity contribution is -0.555. The molecular formula is C18H20N2O4. The second-order valence-electron chi connectivity index (χ2n) is 6.34. The van der Waals surface area contributed by atoms with E-state index >= 15 is 0 Å². The number of benzene rings is 2. The highest BCUT2D eigenvalue weighted by Gasteiger charge is 2.51. The third-order valence-electron chi connectivity index (χ3n) is 4.48. The van der Waals surface area contributed by atoms with Gasteiger partial charge in [0.05, 0.1) is 5.92 Å². The molecule has 6 heteroatoms. The number of hydrogen-bond acceptors (Lipinski definition) is 5. The Bertz CT molecular complexity index is 733. The van der Waals surface area contributed by atoms with Crippen LogP contribution in [0.15, 0.2) is 54.6 Å². The van der Waals surface area contributed by atoms with Crippen LogP contribution in [0.5, 0.6) is 0 Å². The summed E-state index contributed by atoms with van der Waals surface area (Å²) in [5.41, 5.74) is 7.75. The summed E-state index contributed by atoms with van der Waals surface area (Å²) in [7, 11) is 0. The van der Waals surface area contributed by atoms with E-state index in [1.807, 2.05) is 30.3 Å². The Morgan fingerprint density at radius 2 is 1.83 bits per heavy atom. The second-order valence-corrected chi connectivity index (χ2v) is 6.34. The molecule has 1 heterocycles. The molecule has 3 unspecified atom stereocenters. The molecule has 3 N–H and O–H groups in total. The van der Waals surface area contributed by atoms with Crippen molar-refractivity contribution in [1.82, 2.24) is 0 Å². The number of para-hydroxylation sites is 1. The molecule has 1 fully saturated rings. The molecular weight excluding hydrogens is 308 g/mol. The highest BCUT2D eigenvalue weighted by molar-refractivity contribution is 5.48. The largest absolute Gasteiger partial charge is 0.398 e. The van der Waals surface area contributed by atoms with Gasteiger partial charge in [-0.1, -0.05) is 48.5 Å². The van der Waals surface area contributed by atoms with Crippen LogP contribution in [-0.2, 0) is 4.74 Å². The van der Waals surface area contributed by atoms with Gasteiger partial charge in [0.2, 0.25) is 6.04 Å². The number of nitrogens with two attached hydrogens (primary N) is 1. The molecule has 6 nitrogen and oxygen atoms in total. The summed E-state index contributed by atoms with van der Waals surface area (Å²) < 4.78 is 5.70. The maximum atomic E-state index is 11.8. The van der Waals surface area contributed by atoms with Crippen molar-refractivity contribution in [3.05, 3.63) is 75.8 Å². The topological polar surface area (TPSA) is 98.6 Å². The van der Waals surface area contributed by atoms with E-state index in [9.17, 15) is 15.2 Å². The van der Waals surface area contributed by atoms with Crippen LogP contribution in [-0.4, -0.2) is 21.9 Å². The molecule has 3 rings (SSSR count). The quantitative estimate of drug-likeness (QED) is 0.513. The summed E-state index contributed by atoms with van der Waals surface area (Å²) in [4.78, 5) is 11.5. The predicted octanol–water partition coefficient (Wildman–Crippen LogP) is 2.87. The first-order chi connectivity index (χ1) is 11.4. The Kier molecular flexibility index (Phi) is 4.26. The lowest BCUT2D eigenvalue weighted by Crippen LogP contribution is -2.48. The Morgan fingerprint density at radius 1 is 1.21 bits per heavy atom. The summed E-state index contributed by atoms with van der Waals surface area (Å²) in [5.74, 6) is -1.95. The number of anilines is 1. The number of rotatable bonds is 3. The van der Waals surface area contributed by atoms with E-state index in [4.69, 9.17) is 10.5 Å². The van der Waals surface area contributed by atoms with E-state index in [0.717, 1.165) is 5.56 Å². The Balaban J connectivity index is 2.10. The fourth-order valence-electron chi connectivity index (χ4n) is 3.42. The highest BCUT2D eigenvalue weighted by atomic mass is 16.7. The molecule has 0 saturated carbocycles. The standard InChI is InChI=1S/C18H20N2O4/c1-18(21)11-14(12-7-3-2-4-8-12)16(20(22)23)17(24-18)13-9-5-6-10-15(13)19/h2-10,14,16-17,21H,11,19H2,1H3/t14?,16?,17-,18?/m1/s1. The minimum absolute atomic E-state index is 0.145. The van der Waals surface area contributed by atoms with Gasteiger partial charge in [-0.2, -0.15) is 0 Å². The first-order valence-corrected chi connectivity index (χ1v) is 7.82. The third kappa shape index (κ3) is 3.11. The van der Waals surface area contributed by atoms with Gasteiger partial charge in [0.1, 0.15) is 0 Å². The monoisotopic (exact) mass is 328 g/mol. The molecule has 1 aliphatic rings. The van der Waals surface area contributed by atoms with Gasteiger partial charge < -0.3 is 15.6 Å². The van der Waals surface area contributed by atoms with Crippen LogP contribution in [0.1, 0.15) is 36.5 Å². The van der Waals surface area contributed by atoms with Gasteiger partial charge in [0.15, 0.2) is 11.9 Å². The summed E-state index contributed by atoms with van der Waals surface area (Å²) in [6.45, 7) is 1.53. The number of nitro groups is 1. The van der Waals surface area contributed by atoms with Gasteiger partial charge in [0, 0.05) is 22.6 Å². The van der Waals surface area contributed by atoms with E-state index in [2.05, 4.69) is 0 Å². The van der Waals surface area contributed by atoms with E-state index in [-0.39, 0.29) is 11.3 Å². The zero-order chi connectivity index (χ0) is 17.3. The molecule has 24 heavy (non-hydrogen) atoms. The smallest absolute Gasteiger partial charge is 0.250 e. The number of aliphatic hydroxyl groups is 1. The molecule has 126 valence electrons. The highest BCUT2D eigenvalue weighted by Crippen LogP contribution is 2.46. The molecule has 1 aliphatic heterocycles. The van der Waals surface area contributed by atoms with Gasteiger partial charge in [-0.15, -0.1) is 0 Å². The Labute approximate surface area is 140 Å². The molecule has 1 saturated heterocycles. The normalized spacial score (nSPS) is 30.0. The maximum Gasteiger partial charge on any atom is 0.250 e. The van der Waals surface area contributed by atoms with Crippen molar-refractivity contribution in [2.45, 2.75) is 37.2 Å². The molecule has 0 amide bonds. The SMILES string of the molecule is CC1(O)CC(c2ccccc2)C([N+](=O)[O-])[C@@H](c2ccccc2N)O1. The van der Waals surface area contributed by atoms with E-state index in [0.29, 0.717) is 11.3 Å². The molecule has 0 aromatic heterocycles. The Hall–Kier alpha value is -2.44. The predicted molar refractivity (Wildman–Crippen MR) is 89.9 cm³/mol. The van der Waals surface area contributed by atoms with Crippen LogP contribution >= 0.6 is 0 Å². The minimum atomic E-state index is -1.47. The van der Waals surface area contributed by atoms with Crippen LogP contribution in [0.2, 0.25) is 0 Å². The third-order valence-corrected chi connectivity index (χ3v) is 4.48. The molecule has 0 bridgehead atoms. The molecule has 0 aliphatic carbocycles. The second kappa shape index (κ2) is 6.22. The van der Waals surface area contributed by atoms with Crippen molar-refractivity contribution in [2.75, 3.05) is 5.73 Å². The lowest BCUT2D eigenvalue weighted by atomic mass is 9.79. The first-order valence-electron chi connectivity index (χ1n) is 7.82. The zero-order valence-corrected chi connectivity index (χ0v) is 13.3. The first kappa shape index (κ1) is 16.4. The molecule has 0 radical (unpaired) electrons. The number of ether oxygens (including phenoxy) is 1. The van der Waals surface area contributed by atoms with Crippen molar-refractivity contribution in [2.24, 2.45) is 0 Å². The van der Waals surface area contributed by atoms with Crippen molar-refractivity contribution in [1.29, 1.82) is 0 Å². The number of nitrogen functional groups attached to an aromatic ring is 1. The van der Waals surface area contributed by atoms with Crippen molar-refractivity contribution < 1.29 is 14.8 Å². The summed E-state index contributed by atoms with van der Waals surface area (Å²) in [6, 6.07) is 15.1. The molecule has 2 aromatic carbocycles. The van der Waals surface area contributed by atoms with Crippen LogP contribution in [0, 0.1) is 10.1 Å². The van der Waals surface area contributed by atoms with Gasteiger partial charge in [-0.25, -0.2) is 0 Å². The van der Waals surface area contributed by atoms with Crippen LogP contribution < -0.4 is 5.73 Å². The Morgan fingerprint density at radius 3 is 2.46 bits per heavy atom. The molecule has 2 aromatic rings. The van der Waals surface area contributed by atoms with Crippen molar-refractivity contribution in [3.8, 4) is 0 Å². The van der Waals surface area contributed by atoms with Crippen LogP contribution in [0.4, 0.5) is 5.69 Å². The van der Waals surface area contributed by atoms with E-state index in [1.54, 1.807) is 24.3 Å². The van der Waals surface area contributed by atoms with E-state index < -0.39 is 23.9 Å². The van der Waals surface area contributed by atoms with Crippen molar-refractivity contribution in [3.63, 3.8) is 0 Å². The van der Waals surface area contributed by atoms with E-state index in [1.165, 1.54) is 6.92 Å². The fourth-order valence-corrected chi connectivity index (χ4v) is 3.42. The average Bonchev–Trinajstić information content (AvgIpc) is 2.54. The summed E-state index contributed by atoms with van der Waals surface area (Å²) in [5, 5.41) is 22.4. The minimum Gasteiger partial charge on any atom is -0.398 e. The average molecular weight is 328 g/mol. The van der Waals surface area contributed by atoms with Gasteiger partial charge >= 0.3 is 0 Å². The van der Waals surface area contributed by atoms with Gasteiger partial charge in [0.25, 0.3) is 0 Å². The summed E-state index contributed by atoms with van der Waals surface area (Å²) >= 11 is 0. The molecule has 4 atom stereocenters. The lowest BCUT2D eigenvalue weighted by Gasteiger charge is -2.41. The van der Waals surface area contributed by atoms with Gasteiger partial charge in [-0.3, -0.25) is 10.1 Å². The van der Waals surface area contributed by atoms with Gasteiger partial charge in [-0.05, 0) is 18.6 Å². The van der Waals surface area contributed by atoms with Crippen molar-refractivity contribution >= 4 is 5.69 Å². The zero-order valence-electron chi connectivity index (χ0n) is 13.3.